The van der Waals surface area contributed by atoms with Gasteiger partial charge in [-0.2, -0.15) is 0 Å². The third kappa shape index (κ3) is 26.9. The average molecular weight is 2840 g/mol. The summed E-state index contributed by atoms with van der Waals surface area (Å²) < 4.78 is 44.1. The summed E-state index contributed by atoms with van der Waals surface area (Å²) in [5, 5.41) is 0. The van der Waals surface area contributed by atoms with Crippen LogP contribution in [0.1, 0.15) is 58.5 Å². The molecule has 7 aromatic heterocycles. The van der Waals surface area contributed by atoms with E-state index in [1.54, 1.807) is 52.7 Å². The minimum absolute atomic E-state index is 0.0698. The zero-order valence-corrected chi connectivity index (χ0v) is 113. The van der Waals surface area contributed by atoms with E-state index in [1.165, 1.54) is 20.4 Å². The Hall–Kier alpha value is 5.82. The predicted molar refractivity (Wildman–Crippen MR) is 516 cm³/mol. The Bertz CT molecular complexity index is 3830. The van der Waals surface area contributed by atoms with E-state index < -0.39 is 221 Å². The number of fused-ring (bicyclic) bond motifs is 3. The quantitative estimate of drug-likeness (QED) is 0.0752. The summed E-state index contributed by atoms with van der Waals surface area (Å²) in [6, 6.07) is 14.3. The van der Waals surface area contributed by atoms with Crippen LogP contribution in [0.3, 0.4) is 0 Å². The number of carbonyl (C=O) groups excluding carboxylic acids is 2. The summed E-state index contributed by atoms with van der Waals surface area (Å²) in [5.41, 5.74) is 5.03. The van der Waals surface area contributed by atoms with Crippen LogP contribution in [-0.2, 0) is 0 Å². The molecule has 104 heavy (non-hydrogen) atoms. The number of imide groups is 1. The van der Waals surface area contributed by atoms with E-state index in [-0.39, 0.29) is 17.2 Å². The Kier molecular flexibility index (Phi) is 36.9. The minimum atomic E-state index is -2.37. The van der Waals surface area contributed by atoms with E-state index in [4.69, 9.17) is 18.9 Å². The van der Waals surface area contributed by atoms with Crippen molar-refractivity contribution in [2.45, 2.75) is 218 Å². The zero-order chi connectivity index (χ0) is 80.2. The monoisotopic (exact) mass is 2850 g/mol. The van der Waals surface area contributed by atoms with Gasteiger partial charge in [0.05, 0.1) is 0 Å². The van der Waals surface area contributed by atoms with E-state index in [0.717, 1.165) is 73.4 Å². The maximum atomic E-state index is 12.4. The number of carbonyl (C=O) groups is 2. The van der Waals surface area contributed by atoms with Crippen LogP contribution in [-0.4, -0.2) is 271 Å². The van der Waals surface area contributed by atoms with Crippen molar-refractivity contribution in [1.82, 2.24) is 4.90 Å². The average Bonchev–Trinajstić information content (AvgIpc) is 1.57. The Morgan fingerprint density at radius 2 is 0.529 bits per heavy atom. The van der Waals surface area contributed by atoms with E-state index in [0.29, 0.717) is 0 Å². The van der Waals surface area contributed by atoms with Crippen molar-refractivity contribution in [3.63, 3.8) is 0 Å². The van der Waals surface area contributed by atoms with Crippen LogP contribution < -0.4 is 53.7 Å². The van der Waals surface area contributed by atoms with E-state index in [1.807, 2.05) is 39.8 Å². The summed E-state index contributed by atoms with van der Waals surface area (Å²) in [4.78, 5) is 118. The van der Waals surface area contributed by atoms with Gasteiger partial charge < -0.3 is 0 Å². The molecule has 0 unspecified atom stereocenters. The molecule has 584 valence electrons. The van der Waals surface area contributed by atoms with Crippen LogP contribution in [0.25, 0.3) is 9.75 Å². The Morgan fingerprint density at radius 3 is 0.740 bits per heavy atom. The number of nitrogens with zero attached hydrogens (tertiary/aromatic N) is 1. The molecule has 10 heterocycles. The van der Waals surface area contributed by atoms with E-state index in [2.05, 4.69) is 276 Å². The summed E-state index contributed by atoms with van der Waals surface area (Å²) in [6.45, 7) is 12.3. The SMILES string of the molecule is CCC1(CC)COc2[c]([Sn]([CH3])([CH3])[CH3])s[c]([Sn]([CH3])([CH3])[CH3])c2OC1.CN1C(=O)c2[c]([Sn]([CH3])([CH3])[CH3])s[c]([Sn]([CH3])([CH3])[CH3])c2C1=O.Cc1[c]([Sn]([CH3])([CH3])[CH3])s[c]([Sn]([CH3])([CH3])[CH3])c1C.[CH3][Sn]([CH3])([CH3])[c]1cc[c]([Sn]([CH3])([CH3])[CH3])s1.[CH3][Sn]([CH3])([CH3])[c]1ccc(-c2cc[c]([Sn]([CH3])([CH3])[CH3])s2)s1.[CH3][Sn]([CH3])([CH3])[c]1s[c]([Sn]([CH3])([CH3])[CH3])c2c1OCCO2. The van der Waals surface area contributed by atoms with Gasteiger partial charge in [0.15, 0.2) is 0 Å². The van der Waals surface area contributed by atoms with Gasteiger partial charge in [0.25, 0.3) is 0 Å². The summed E-state index contributed by atoms with van der Waals surface area (Å²) in [5.74, 6) is 4.43. The Morgan fingerprint density at radius 1 is 0.308 bits per heavy atom. The van der Waals surface area contributed by atoms with Crippen LogP contribution >= 0.6 is 79.4 Å². The molecule has 0 saturated carbocycles. The second-order valence-corrected chi connectivity index (χ2v) is 233. The second-order valence-electron chi connectivity index (χ2n) is 41.5. The normalized spacial score (nSPS) is 15.3. The Balaban J connectivity index is 0.000000226. The summed E-state index contributed by atoms with van der Waals surface area (Å²) >= 11 is -9.88. The molecule has 3 aliphatic rings. The van der Waals surface area contributed by atoms with Crippen LogP contribution in [0, 0.1) is 19.3 Å². The van der Waals surface area contributed by atoms with Gasteiger partial charge in [0.1, 0.15) is 0 Å². The predicted octanol–water partition coefficient (Wildman–Crippen LogP) is 20.0. The molecular weight excluding hydrogens is 2700 g/mol. The molecule has 7 nitrogen and oxygen atoms in total. The first-order chi connectivity index (χ1) is 46.6. The number of hydrogen-bond donors (Lipinski definition) is 0. The third-order valence-electron chi connectivity index (χ3n) is 18.6. The standard InChI is InChI=1S/C11H14O2S.C8H4S2.C7H3NO2S.C6H4O2S.C6H6S.C4H2S.36CH3.12Sn/c1-3-11(4-2)7-12-9-5-14-6-10(9)13-8-11;1-3-7(9-5-1)8-4-2-6-10-8;1-8-6(9)4-2-11-3-5(4)7(8)10;1-2-8-6-4-9-3-5(6)7-1;1-5-3-7-4-6(5)2;1-2-4-5-3-1;;;;;;;;;;;;;;;;;;;;;;;;;;;;;;;;;;;;;;;;;;;;;;;;/h3-4,7-8H2,1-2H3;1-4H;1H3;1-2H2;1-2H3;1-2H;36*1H3;;;;;;;;;;;;. The molecule has 26 heteroatoms. The first-order valence-corrected chi connectivity index (χ1v) is 164. The van der Waals surface area contributed by atoms with Gasteiger partial charge in [-0.1, -0.05) is 0 Å². The number of hydrogen-bond acceptors (Lipinski definition) is 13. The fourth-order valence-corrected chi connectivity index (χ4v) is 105. The molecule has 3 aliphatic heterocycles. The molecule has 10 rings (SSSR count). The zero-order valence-electron chi connectivity index (χ0n) is 73.0. The second kappa shape index (κ2) is 38.3. The summed E-state index contributed by atoms with van der Waals surface area (Å²) in [7, 11) is 1.61. The fourth-order valence-electron chi connectivity index (χ4n) is 12.0. The van der Waals surface area contributed by atoms with Crippen LogP contribution in [0.4, 0.5) is 0 Å². The Labute approximate surface area is 713 Å². The van der Waals surface area contributed by atoms with Crippen LogP contribution in [0.5, 0.6) is 23.0 Å². The fraction of sp³-hybridized carbons (Fsp3) is 0.615. The molecule has 0 aliphatic carbocycles. The molecule has 7 aromatic rings. The van der Waals surface area contributed by atoms with Gasteiger partial charge in [-0.25, -0.2) is 0 Å². The topological polar surface area (TPSA) is 74.3 Å². The van der Waals surface area contributed by atoms with Crippen molar-refractivity contribution >= 4 is 346 Å². The number of ether oxygens (including phenoxy) is 4. The van der Waals surface area contributed by atoms with Crippen LogP contribution in [0.15, 0.2) is 36.4 Å². The van der Waals surface area contributed by atoms with Crippen molar-refractivity contribution in [3.8, 4) is 32.8 Å². The summed E-state index contributed by atoms with van der Waals surface area (Å²) in [6.07, 6.45) is 2.25. The molecule has 0 saturated heterocycles. The molecule has 0 aromatic carbocycles. The van der Waals surface area contributed by atoms with Gasteiger partial charge in [0, 0.05) is 0 Å². The number of amides is 2. The van der Waals surface area contributed by atoms with E-state index in [9.17, 15) is 9.59 Å². The van der Waals surface area contributed by atoms with Crippen molar-refractivity contribution in [2.24, 2.45) is 5.41 Å². The molecule has 2 amide bonds. The van der Waals surface area contributed by atoms with Gasteiger partial charge in [-0.3, -0.25) is 0 Å². The number of rotatable bonds is 15. The van der Waals surface area contributed by atoms with Crippen molar-refractivity contribution < 1.29 is 28.5 Å². The maximum absolute atomic E-state index is 12.4. The molecule has 0 bridgehead atoms. The van der Waals surface area contributed by atoms with E-state index >= 15 is 0 Å². The first kappa shape index (κ1) is 100. The van der Waals surface area contributed by atoms with Crippen molar-refractivity contribution in [3.05, 3.63) is 58.7 Å². The molecular formula is C78H141NO6S7Sn12. The molecule has 0 fully saturated rings. The van der Waals surface area contributed by atoms with Crippen LogP contribution in [0.2, 0.25) is 178 Å². The number of thiophene rings is 7. The molecule has 0 radical (unpaired) electrons. The molecule has 0 N–H and O–H groups in total. The van der Waals surface area contributed by atoms with Crippen molar-refractivity contribution in [2.75, 3.05) is 33.5 Å². The molecule has 0 atom stereocenters. The van der Waals surface area contributed by atoms with Crippen molar-refractivity contribution in [1.29, 1.82) is 0 Å². The molecule has 0 spiro atoms. The third-order valence-corrected chi connectivity index (χ3v) is 141. The first-order valence-electron chi connectivity index (χ1n) is 37.9. The van der Waals surface area contributed by atoms with Gasteiger partial charge in [-0.15, -0.1) is 0 Å². The van der Waals surface area contributed by atoms with Gasteiger partial charge >= 0.3 is 729 Å². The van der Waals surface area contributed by atoms with Gasteiger partial charge in [-0.05, 0) is 0 Å². The van der Waals surface area contributed by atoms with Gasteiger partial charge in [0.2, 0.25) is 0 Å².